The summed E-state index contributed by atoms with van der Waals surface area (Å²) in [4.78, 5) is 39.0. The van der Waals surface area contributed by atoms with Gasteiger partial charge in [0.05, 0.1) is 12.2 Å². The minimum Gasteiger partial charge on any atom is -0.473 e. The molecule has 1 fully saturated rings. The highest BCUT2D eigenvalue weighted by molar-refractivity contribution is 6.00. The summed E-state index contributed by atoms with van der Waals surface area (Å²) in [6, 6.07) is 8.62. The predicted molar refractivity (Wildman–Crippen MR) is 112 cm³/mol. The lowest BCUT2D eigenvalue weighted by Crippen LogP contribution is -2.39. The molecule has 0 aliphatic carbocycles. The molecule has 1 heterocycles. The molecule has 0 N–H and O–H groups in total. The fraction of sp³-hybridized carbons (Fsp3) is 0.375. The Morgan fingerprint density at radius 1 is 1.03 bits per heavy atom. The van der Waals surface area contributed by atoms with E-state index in [4.69, 9.17) is 9.47 Å². The number of Topliss-reactive ketones (excluding diaryl/α,β-unsaturated/α-hetero) is 1. The van der Waals surface area contributed by atoms with Gasteiger partial charge >= 0.3 is 5.97 Å². The molecule has 1 amide bonds. The number of benzene rings is 2. The molecule has 8 heteroatoms. The highest BCUT2D eigenvalue weighted by Crippen LogP contribution is 2.31. The van der Waals surface area contributed by atoms with E-state index in [1.807, 2.05) is 0 Å². The molecule has 1 atom stereocenters. The number of piperidine rings is 1. The quantitative estimate of drug-likeness (QED) is 0.474. The first-order valence-corrected chi connectivity index (χ1v) is 10.5. The van der Waals surface area contributed by atoms with Gasteiger partial charge in [0.1, 0.15) is 17.4 Å². The molecule has 1 saturated heterocycles. The second-order valence-electron chi connectivity index (χ2n) is 7.59. The Morgan fingerprint density at radius 2 is 1.66 bits per heavy atom. The summed E-state index contributed by atoms with van der Waals surface area (Å²) in [7, 11) is 0. The van der Waals surface area contributed by atoms with Gasteiger partial charge in [-0.15, -0.1) is 0 Å². The van der Waals surface area contributed by atoms with Crippen LogP contribution in [0.2, 0.25) is 0 Å². The van der Waals surface area contributed by atoms with Crippen molar-refractivity contribution in [3.8, 4) is 5.75 Å². The fourth-order valence-electron chi connectivity index (χ4n) is 3.71. The molecule has 170 valence electrons. The van der Waals surface area contributed by atoms with E-state index in [0.29, 0.717) is 31.5 Å². The number of likely N-dealkylation sites (tertiary alicyclic amines) is 1. The second-order valence-corrected chi connectivity index (χ2v) is 7.59. The van der Waals surface area contributed by atoms with E-state index >= 15 is 0 Å². The molecule has 1 aliphatic heterocycles. The van der Waals surface area contributed by atoms with E-state index in [0.717, 1.165) is 12.1 Å². The monoisotopic (exact) mass is 445 g/mol. The molecule has 2 aromatic rings. The highest BCUT2D eigenvalue weighted by atomic mass is 19.1. The van der Waals surface area contributed by atoms with Gasteiger partial charge in [-0.1, -0.05) is 12.1 Å². The van der Waals surface area contributed by atoms with Gasteiger partial charge in [-0.05, 0) is 44.0 Å². The number of nitrogens with zero attached hydrogens (tertiary/aromatic N) is 1. The average molecular weight is 445 g/mol. The van der Waals surface area contributed by atoms with Gasteiger partial charge in [-0.2, -0.15) is 0 Å². The molecule has 0 saturated carbocycles. The van der Waals surface area contributed by atoms with Gasteiger partial charge in [0.15, 0.2) is 5.78 Å². The lowest BCUT2D eigenvalue weighted by molar-refractivity contribution is -0.151. The van der Waals surface area contributed by atoms with Gasteiger partial charge in [-0.25, -0.2) is 13.6 Å². The van der Waals surface area contributed by atoms with Gasteiger partial charge < -0.3 is 14.4 Å². The Morgan fingerprint density at radius 3 is 2.25 bits per heavy atom. The molecule has 32 heavy (non-hydrogen) atoms. The minimum absolute atomic E-state index is 0.0433. The van der Waals surface area contributed by atoms with Crippen molar-refractivity contribution < 1.29 is 32.6 Å². The normalized spacial score (nSPS) is 15.2. The summed E-state index contributed by atoms with van der Waals surface area (Å²) < 4.78 is 38.3. The van der Waals surface area contributed by atoms with Crippen molar-refractivity contribution in [2.45, 2.75) is 32.8 Å². The Balaban J connectivity index is 1.88. The average Bonchev–Trinajstić information content (AvgIpc) is 2.78. The van der Waals surface area contributed by atoms with Gasteiger partial charge in [0.25, 0.3) is 0 Å². The van der Waals surface area contributed by atoms with Crippen LogP contribution in [0.25, 0.3) is 0 Å². The van der Waals surface area contributed by atoms with Crippen LogP contribution in [0, 0.1) is 17.6 Å². The van der Waals surface area contributed by atoms with E-state index in [1.54, 1.807) is 11.8 Å². The van der Waals surface area contributed by atoms with Crippen LogP contribution < -0.4 is 4.74 Å². The number of rotatable bonds is 7. The van der Waals surface area contributed by atoms with Crippen LogP contribution in [-0.2, 0) is 14.3 Å². The largest absolute Gasteiger partial charge is 0.473 e. The van der Waals surface area contributed by atoms with Crippen LogP contribution in [0.15, 0.2) is 42.5 Å². The van der Waals surface area contributed by atoms with E-state index in [2.05, 4.69) is 0 Å². The maximum Gasteiger partial charge on any atom is 0.352 e. The molecule has 2 aromatic carbocycles. The molecule has 1 unspecified atom stereocenters. The Hall–Kier alpha value is -3.29. The summed E-state index contributed by atoms with van der Waals surface area (Å²) in [5.74, 6) is -2.60. The van der Waals surface area contributed by atoms with Crippen molar-refractivity contribution >= 4 is 17.7 Å². The molecule has 0 spiro atoms. The Kier molecular flexibility index (Phi) is 7.56. The van der Waals surface area contributed by atoms with Crippen molar-refractivity contribution in [1.82, 2.24) is 4.90 Å². The number of hydrogen-bond donors (Lipinski definition) is 0. The van der Waals surface area contributed by atoms with Crippen molar-refractivity contribution in [2.75, 3.05) is 19.7 Å². The Labute approximate surface area is 185 Å². The molecule has 6 nitrogen and oxygen atoms in total. The fourth-order valence-corrected chi connectivity index (χ4v) is 3.71. The SMILES string of the molecule is CCOC(=O)C(Oc1cc(F)ccc1C(=O)C1CCN(C(C)=O)CC1)c1ccc(F)cc1. The van der Waals surface area contributed by atoms with Crippen molar-refractivity contribution in [1.29, 1.82) is 0 Å². The zero-order valence-corrected chi connectivity index (χ0v) is 18.0. The molecule has 0 aromatic heterocycles. The topological polar surface area (TPSA) is 72.9 Å². The summed E-state index contributed by atoms with van der Waals surface area (Å²) in [6.07, 6.45) is -0.341. The number of ketones is 1. The lowest BCUT2D eigenvalue weighted by Gasteiger charge is -2.31. The van der Waals surface area contributed by atoms with Crippen LogP contribution in [0.5, 0.6) is 5.75 Å². The summed E-state index contributed by atoms with van der Waals surface area (Å²) in [6.45, 7) is 4.13. The van der Waals surface area contributed by atoms with E-state index < -0.39 is 23.7 Å². The molecule has 1 aliphatic rings. The number of hydrogen-bond acceptors (Lipinski definition) is 5. The van der Waals surface area contributed by atoms with Crippen molar-refractivity contribution in [3.05, 3.63) is 65.2 Å². The van der Waals surface area contributed by atoms with E-state index in [9.17, 15) is 23.2 Å². The van der Waals surface area contributed by atoms with Gasteiger partial charge in [0.2, 0.25) is 12.0 Å². The molecular weight excluding hydrogens is 420 g/mol. The predicted octanol–water partition coefficient (Wildman–Crippen LogP) is 4.09. The standard InChI is InChI=1S/C24H25F2NO5/c1-3-31-24(30)23(17-4-6-18(25)7-5-17)32-21-14-19(26)8-9-20(21)22(29)16-10-12-27(13-11-16)15(2)28/h4-9,14,16,23H,3,10-13H2,1-2H3. The van der Waals surface area contributed by atoms with Crippen molar-refractivity contribution in [2.24, 2.45) is 5.92 Å². The number of halogens is 2. The summed E-state index contributed by atoms with van der Waals surface area (Å²) >= 11 is 0. The highest BCUT2D eigenvalue weighted by Gasteiger charge is 2.31. The summed E-state index contributed by atoms with van der Waals surface area (Å²) in [5.41, 5.74) is 0.450. The lowest BCUT2D eigenvalue weighted by atomic mass is 9.88. The number of carbonyl (C=O) groups excluding carboxylic acids is 3. The second kappa shape index (κ2) is 10.3. The van der Waals surface area contributed by atoms with Crippen LogP contribution in [0.4, 0.5) is 8.78 Å². The first-order chi connectivity index (χ1) is 15.3. The maximum atomic E-state index is 14.0. The number of amides is 1. The third kappa shape index (κ3) is 5.49. The summed E-state index contributed by atoms with van der Waals surface area (Å²) in [5, 5.41) is 0. The van der Waals surface area contributed by atoms with Crippen LogP contribution in [-0.4, -0.2) is 42.3 Å². The number of esters is 1. The van der Waals surface area contributed by atoms with Gasteiger partial charge in [0, 0.05) is 37.6 Å². The minimum atomic E-state index is -1.30. The maximum absolute atomic E-state index is 14.0. The van der Waals surface area contributed by atoms with Crippen molar-refractivity contribution in [3.63, 3.8) is 0 Å². The zero-order valence-electron chi connectivity index (χ0n) is 18.0. The van der Waals surface area contributed by atoms with Gasteiger partial charge in [-0.3, -0.25) is 9.59 Å². The van der Waals surface area contributed by atoms with E-state index in [-0.39, 0.29) is 35.5 Å². The van der Waals surface area contributed by atoms with E-state index in [1.165, 1.54) is 37.3 Å². The number of carbonyl (C=O) groups is 3. The Bertz CT molecular complexity index is 984. The first-order valence-electron chi connectivity index (χ1n) is 10.5. The zero-order chi connectivity index (χ0) is 23.3. The molecule has 0 bridgehead atoms. The molecule has 3 rings (SSSR count). The molecule has 0 radical (unpaired) electrons. The number of ether oxygens (including phenoxy) is 2. The third-order valence-corrected chi connectivity index (χ3v) is 5.44. The van der Waals surface area contributed by atoms with Crippen LogP contribution in [0.1, 0.15) is 48.7 Å². The first kappa shape index (κ1) is 23.4. The van der Waals surface area contributed by atoms with Crippen LogP contribution in [0.3, 0.4) is 0 Å². The third-order valence-electron chi connectivity index (χ3n) is 5.44. The molecular formula is C24H25F2NO5. The van der Waals surface area contributed by atoms with Crippen LogP contribution >= 0.6 is 0 Å². The smallest absolute Gasteiger partial charge is 0.352 e.